The lowest BCUT2D eigenvalue weighted by molar-refractivity contribution is -0.146. The second kappa shape index (κ2) is 6.61. The minimum atomic E-state index is -0.738. The van der Waals surface area contributed by atoms with Crippen LogP contribution >= 0.6 is 11.8 Å². The molecule has 0 aliphatic heterocycles. The highest BCUT2D eigenvalue weighted by atomic mass is 32.2. The fourth-order valence-electron chi connectivity index (χ4n) is 2.25. The van der Waals surface area contributed by atoms with Gasteiger partial charge in [0, 0.05) is 11.9 Å². The quantitative estimate of drug-likeness (QED) is 0.673. The molecule has 0 spiro atoms. The Hall–Kier alpha value is -0.260. The van der Waals surface area contributed by atoms with E-state index in [1.807, 2.05) is 6.92 Å². The third-order valence-corrected chi connectivity index (χ3v) is 5.16. The Balaban J connectivity index is 2.51. The summed E-state index contributed by atoms with van der Waals surface area (Å²) < 4.78 is 0. The first-order valence-electron chi connectivity index (χ1n) is 6.19. The third kappa shape index (κ3) is 3.86. The summed E-state index contributed by atoms with van der Waals surface area (Å²) in [6.07, 6.45) is 3.44. The molecule has 5 heteroatoms. The van der Waals surface area contributed by atoms with Gasteiger partial charge in [-0.2, -0.15) is 11.8 Å². The molecule has 1 aliphatic carbocycles. The molecule has 1 saturated carbocycles. The average molecular weight is 261 g/mol. The van der Waals surface area contributed by atoms with E-state index >= 15 is 0 Å². The number of aliphatic hydroxyl groups excluding tert-OH is 1. The molecule has 1 fully saturated rings. The van der Waals surface area contributed by atoms with E-state index in [9.17, 15) is 9.90 Å². The van der Waals surface area contributed by atoms with Gasteiger partial charge in [-0.05, 0) is 44.4 Å². The molecule has 0 heterocycles. The van der Waals surface area contributed by atoms with Crippen molar-refractivity contribution in [2.45, 2.75) is 43.4 Å². The molecule has 17 heavy (non-hydrogen) atoms. The highest BCUT2D eigenvalue weighted by molar-refractivity contribution is 7.99. The number of thioether (sulfide) groups is 1. The minimum absolute atomic E-state index is 0.204. The molecule has 4 nitrogen and oxygen atoms in total. The lowest BCUT2D eigenvalue weighted by Crippen LogP contribution is -2.54. The van der Waals surface area contributed by atoms with Crippen LogP contribution < -0.4 is 5.32 Å². The largest absolute Gasteiger partial charge is 0.480 e. The first-order valence-corrected chi connectivity index (χ1v) is 7.23. The molecule has 0 radical (unpaired) electrons. The Kier molecular flexibility index (Phi) is 5.76. The number of carbonyl (C=O) groups is 1. The van der Waals surface area contributed by atoms with Crippen LogP contribution in [0.2, 0.25) is 0 Å². The zero-order valence-electron chi connectivity index (χ0n) is 10.6. The molecule has 0 bridgehead atoms. The van der Waals surface area contributed by atoms with Crippen LogP contribution in [-0.4, -0.2) is 46.4 Å². The predicted octanol–water partition coefficient (Wildman–Crippen LogP) is 1.33. The molecule has 1 aliphatic rings. The lowest BCUT2D eigenvalue weighted by atomic mass is 9.81. The van der Waals surface area contributed by atoms with E-state index in [4.69, 9.17) is 5.11 Å². The Labute approximate surface area is 107 Å². The van der Waals surface area contributed by atoms with Gasteiger partial charge in [0.05, 0.1) is 0 Å². The normalized spacial score (nSPS) is 31.1. The molecule has 0 aromatic heterocycles. The smallest absolute Gasteiger partial charge is 0.323 e. The van der Waals surface area contributed by atoms with Crippen molar-refractivity contribution >= 4 is 17.7 Å². The van der Waals surface area contributed by atoms with Crippen molar-refractivity contribution in [2.75, 3.05) is 19.4 Å². The Morgan fingerprint density at radius 3 is 2.88 bits per heavy atom. The van der Waals surface area contributed by atoms with Crippen LogP contribution in [0.15, 0.2) is 0 Å². The first kappa shape index (κ1) is 14.8. The summed E-state index contributed by atoms with van der Waals surface area (Å²) in [5.41, 5.74) is -0.738. The van der Waals surface area contributed by atoms with Crippen LogP contribution in [0.3, 0.4) is 0 Å². The van der Waals surface area contributed by atoms with Crippen LogP contribution in [0.25, 0.3) is 0 Å². The monoisotopic (exact) mass is 261 g/mol. The highest BCUT2D eigenvalue weighted by Crippen LogP contribution is 2.35. The van der Waals surface area contributed by atoms with Gasteiger partial charge in [-0.1, -0.05) is 6.92 Å². The molecule has 100 valence electrons. The van der Waals surface area contributed by atoms with Gasteiger partial charge < -0.3 is 15.5 Å². The van der Waals surface area contributed by atoms with Gasteiger partial charge in [0.15, 0.2) is 0 Å². The number of aliphatic carboxylic acids is 1. The van der Waals surface area contributed by atoms with Gasteiger partial charge in [-0.3, -0.25) is 4.79 Å². The standard InChI is InChI=1S/C12H23NO3S/c1-9(7-14)8-17-10-4-3-5-12(6-10,13-2)11(15)16/h9-10,13-14H,3-8H2,1-2H3,(H,15,16). The second-order valence-corrected chi connectivity index (χ2v) is 6.31. The number of nitrogens with one attached hydrogen (secondary N) is 1. The number of carboxylic acid groups (broad SMARTS) is 1. The van der Waals surface area contributed by atoms with Crippen molar-refractivity contribution in [1.82, 2.24) is 5.32 Å². The molecule has 0 amide bonds. The summed E-state index contributed by atoms with van der Waals surface area (Å²) in [4.78, 5) is 11.3. The summed E-state index contributed by atoms with van der Waals surface area (Å²) in [6, 6.07) is 0. The number of likely N-dealkylation sites (N-methyl/N-ethyl adjacent to an activating group) is 1. The molecule has 0 aromatic rings. The Morgan fingerprint density at radius 1 is 1.65 bits per heavy atom. The number of aliphatic hydroxyl groups is 1. The van der Waals surface area contributed by atoms with E-state index in [1.165, 1.54) is 0 Å². The molecule has 1 rings (SSSR count). The van der Waals surface area contributed by atoms with E-state index in [0.717, 1.165) is 18.6 Å². The van der Waals surface area contributed by atoms with Gasteiger partial charge >= 0.3 is 5.97 Å². The van der Waals surface area contributed by atoms with E-state index in [1.54, 1.807) is 18.8 Å². The highest BCUT2D eigenvalue weighted by Gasteiger charge is 2.41. The van der Waals surface area contributed by atoms with Crippen molar-refractivity contribution in [3.8, 4) is 0 Å². The van der Waals surface area contributed by atoms with Crippen molar-refractivity contribution in [2.24, 2.45) is 5.92 Å². The summed E-state index contributed by atoms with van der Waals surface area (Å²) in [5, 5.41) is 21.7. The van der Waals surface area contributed by atoms with Crippen LogP contribution in [0, 0.1) is 5.92 Å². The van der Waals surface area contributed by atoms with Crippen LogP contribution in [0.4, 0.5) is 0 Å². The van der Waals surface area contributed by atoms with Crippen molar-refractivity contribution < 1.29 is 15.0 Å². The van der Waals surface area contributed by atoms with E-state index in [2.05, 4.69) is 5.32 Å². The van der Waals surface area contributed by atoms with Crippen molar-refractivity contribution in [1.29, 1.82) is 0 Å². The minimum Gasteiger partial charge on any atom is -0.480 e. The maximum atomic E-state index is 11.3. The average Bonchev–Trinajstić information content (AvgIpc) is 2.35. The lowest BCUT2D eigenvalue weighted by Gasteiger charge is -2.37. The zero-order valence-corrected chi connectivity index (χ0v) is 11.4. The van der Waals surface area contributed by atoms with Gasteiger partial charge in [-0.15, -0.1) is 0 Å². The summed E-state index contributed by atoms with van der Waals surface area (Å²) >= 11 is 1.80. The molecule has 0 saturated heterocycles. The van der Waals surface area contributed by atoms with Crippen molar-refractivity contribution in [3.05, 3.63) is 0 Å². The molecule has 3 unspecified atom stereocenters. The topological polar surface area (TPSA) is 69.6 Å². The Morgan fingerprint density at radius 2 is 2.35 bits per heavy atom. The summed E-state index contributed by atoms with van der Waals surface area (Å²) in [6.45, 7) is 2.22. The molecule has 3 N–H and O–H groups in total. The predicted molar refractivity (Wildman–Crippen MR) is 70.4 cm³/mol. The third-order valence-electron chi connectivity index (χ3n) is 3.52. The fourth-order valence-corrected chi connectivity index (χ4v) is 3.69. The van der Waals surface area contributed by atoms with E-state index < -0.39 is 11.5 Å². The van der Waals surface area contributed by atoms with Gasteiger partial charge in [0.2, 0.25) is 0 Å². The number of carboxylic acids is 1. The van der Waals surface area contributed by atoms with Crippen LogP contribution in [0.1, 0.15) is 32.6 Å². The van der Waals surface area contributed by atoms with Crippen molar-refractivity contribution in [3.63, 3.8) is 0 Å². The fraction of sp³-hybridized carbons (Fsp3) is 0.917. The van der Waals surface area contributed by atoms with Gasteiger partial charge in [-0.25, -0.2) is 0 Å². The number of hydrogen-bond donors (Lipinski definition) is 3. The van der Waals surface area contributed by atoms with Crippen LogP contribution in [-0.2, 0) is 4.79 Å². The number of rotatable bonds is 6. The number of hydrogen-bond acceptors (Lipinski definition) is 4. The van der Waals surface area contributed by atoms with Gasteiger partial charge in [0.1, 0.15) is 5.54 Å². The van der Waals surface area contributed by atoms with Gasteiger partial charge in [0.25, 0.3) is 0 Å². The molecular weight excluding hydrogens is 238 g/mol. The molecule has 3 atom stereocenters. The molecular formula is C12H23NO3S. The molecule has 0 aromatic carbocycles. The summed E-state index contributed by atoms with van der Waals surface area (Å²) in [5.74, 6) is 0.455. The second-order valence-electron chi connectivity index (χ2n) is 4.98. The van der Waals surface area contributed by atoms with Crippen LogP contribution in [0.5, 0.6) is 0 Å². The van der Waals surface area contributed by atoms with E-state index in [0.29, 0.717) is 18.1 Å². The Bertz CT molecular complexity index is 262. The maximum absolute atomic E-state index is 11.3. The first-order chi connectivity index (χ1) is 8.04. The zero-order chi connectivity index (χ0) is 12.9. The summed E-state index contributed by atoms with van der Waals surface area (Å²) in [7, 11) is 1.73. The van der Waals surface area contributed by atoms with E-state index in [-0.39, 0.29) is 12.5 Å². The SMILES string of the molecule is CNC1(C(=O)O)CCCC(SCC(C)CO)C1. The maximum Gasteiger partial charge on any atom is 0.323 e.